The van der Waals surface area contributed by atoms with Crippen LogP contribution in [-0.4, -0.2) is 49.8 Å². The van der Waals surface area contributed by atoms with Crippen molar-refractivity contribution >= 4 is 38.0 Å². The first-order chi connectivity index (χ1) is 9.67. The van der Waals surface area contributed by atoms with Crippen LogP contribution < -0.4 is 0 Å². The third-order valence-corrected chi connectivity index (χ3v) is 4.20. The average molecular weight is 318 g/mol. The second kappa shape index (κ2) is 9.00. The van der Waals surface area contributed by atoms with Gasteiger partial charge < -0.3 is 18.9 Å². The molecule has 0 saturated carbocycles. The predicted octanol–water partition coefficient (Wildman–Crippen LogP) is -0.132. The van der Waals surface area contributed by atoms with Crippen LogP contribution in [0.1, 0.15) is 34.6 Å². The SMILES string of the molecule is CC=[Si](C(OC(C)=O)OC(C)=O)C(OC(C)=O)OC(C)=O. The molecule has 0 aromatic rings. The molecule has 0 bridgehead atoms. The standard InChI is InChI=1S/C12H18O8Si/c1-6-21(11(17-7(2)13)18-8(3)14)12(19-9(4)15)20-10(5)16/h6,11-12H,1-5H3. The summed E-state index contributed by atoms with van der Waals surface area (Å²) in [6.07, 6.45) is 0. The summed E-state index contributed by atoms with van der Waals surface area (Å²) in [6, 6.07) is 0. The maximum atomic E-state index is 11.1. The molecule has 0 aliphatic carbocycles. The highest BCUT2D eigenvalue weighted by molar-refractivity contribution is 6.67. The third kappa shape index (κ3) is 7.97. The van der Waals surface area contributed by atoms with E-state index in [0.29, 0.717) is 0 Å². The molecule has 0 aliphatic rings. The lowest BCUT2D eigenvalue weighted by molar-refractivity contribution is -0.177. The van der Waals surface area contributed by atoms with Crippen molar-refractivity contribution in [2.45, 2.75) is 46.4 Å². The van der Waals surface area contributed by atoms with Gasteiger partial charge >= 0.3 is 23.9 Å². The lowest BCUT2D eigenvalue weighted by Gasteiger charge is -2.24. The molecule has 21 heavy (non-hydrogen) atoms. The Bertz CT molecular complexity index is 386. The number of carbonyl (C=O) groups excluding carboxylic acids is 4. The lowest BCUT2D eigenvalue weighted by Crippen LogP contribution is -2.46. The zero-order chi connectivity index (χ0) is 16.6. The van der Waals surface area contributed by atoms with Crippen LogP contribution in [0.15, 0.2) is 0 Å². The van der Waals surface area contributed by atoms with Gasteiger partial charge in [-0.2, -0.15) is 0 Å². The van der Waals surface area contributed by atoms with E-state index in [1.54, 1.807) is 6.92 Å². The second-order valence-electron chi connectivity index (χ2n) is 3.89. The van der Waals surface area contributed by atoms with E-state index < -0.39 is 44.1 Å². The van der Waals surface area contributed by atoms with Crippen LogP contribution in [0.5, 0.6) is 0 Å². The summed E-state index contributed by atoms with van der Waals surface area (Å²) in [7, 11) is -2.14. The van der Waals surface area contributed by atoms with Gasteiger partial charge in [0.2, 0.25) is 20.2 Å². The zero-order valence-electron chi connectivity index (χ0n) is 12.5. The Hall–Kier alpha value is -2.03. The molecule has 0 N–H and O–H groups in total. The van der Waals surface area contributed by atoms with Gasteiger partial charge in [-0.25, -0.2) is 0 Å². The number of hydrogen-bond donors (Lipinski definition) is 0. The first-order valence-electron chi connectivity index (χ1n) is 6.02. The van der Waals surface area contributed by atoms with E-state index in [1.807, 2.05) is 0 Å². The van der Waals surface area contributed by atoms with Crippen molar-refractivity contribution < 1.29 is 38.1 Å². The molecule has 9 heteroatoms. The molecule has 0 aromatic carbocycles. The van der Waals surface area contributed by atoms with Crippen molar-refractivity contribution in [1.82, 2.24) is 0 Å². The molecule has 0 fully saturated rings. The minimum absolute atomic E-state index is 0.685. The van der Waals surface area contributed by atoms with Gasteiger partial charge in [0.15, 0.2) is 0 Å². The van der Waals surface area contributed by atoms with Crippen molar-refractivity contribution in [3.8, 4) is 0 Å². The number of ether oxygens (including phenoxy) is 4. The van der Waals surface area contributed by atoms with E-state index in [0.717, 1.165) is 27.7 Å². The normalized spacial score (nSPS) is 9.86. The Balaban J connectivity index is 5.39. The molecule has 0 amide bonds. The number of esters is 4. The molecule has 0 aliphatic heterocycles. The Morgan fingerprint density at radius 3 is 1.10 bits per heavy atom. The molecule has 0 saturated heterocycles. The van der Waals surface area contributed by atoms with Crippen LogP contribution in [0.4, 0.5) is 0 Å². The van der Waals surface area contributed by atoms with Crippen LogP contribution in [0.2, 0.25) is 0 Å². The summed E-state index contributed by atoms with van der Waals surface area (Å²) in [4.78, 5) is 44.4. The summed E-state index contributed by atoms with van der Waals surface area (Å²) in [5.74, 6) is -5.30. The van der Waals surface area contributed by atoms with Crippen LogP contribution >= 0.6 is 0 Å². The first kappa shape index (κ1) is 19.0. The zero-order valence-corrected chi connectivity index (χ0v) is 13.5. The van der Waals surface area contributed by atoms with E-state index in [1.165, 1.54) is 5.67 Å². The van der Waals surface area contributed by atoms with E-state index in [9.17, 15) is 19.2 Å². The fraction of sp³-hybridized carbons (Fsp3) is 0.583. The van der Waals surface area contributed by atoms with E-state index in [4.69, 9.17) is 18.9 Å². The quantitative estimate of drug-likeness (QED) is 0.379. The van der Waals surface area contributed by atoms with Crippen molar-refractivity contribution in [3.63, 3.8) is 0 Å². The third-order valence-electron chi connectivity index (χ3n) is 1.97. The molecule has 8 nitrogen and oxygen atoms in total. The average Bonchev–Trinajstić information content (AvgIpc) is 2.25. The molecule has 0 unspecified atom stereocenters. The van der Waals surface area contributed by atoms with Crippen molar-refractivity contribution in [3.05, 3.63) is 0 Å². The summed E-state index contributed by atoms with van der Waals surface area (Å²) in [5, 5.41) is 0. The van der Waals surface area contributed by atoms with Crippen molar-refractivity contribution in [1.29, 1.82) is 0 Å². The van der Waals surface area contributed by atoms with Crippen LogP contribution in [0.25, 0.3) is 0 Å². The van der Waals surface area contributed by atoms with Gasteiger partial charge in [-0.3, -0.25) is 19.2 Å². The molecular formula is C12H18O8Si. The Morgan fingerprint density at radius 1 is 0.714 bits per heavy atom. The minimum Gasteiger partial charge on any atom is -0.426 e. The molecular weight excluding hydrogens is 300 g/mol. The maximum Gasteiger partial charge on any atom is 0.305 e. The van der Waals surface area contributed by atoms with E-state index in [2.05, 4.69) is 0 Å². The van der Waals surface area contributed by atoms with Crippen LogP contribution in [0.3, 0.4) is 0 Å². The highest BCUT2D eigenvalue weighted by atomic mass is 28.2. The molecule has 0 radical (unpaired) electrons. The number of hydrogen-bond acceptors (Lipinski definition) is 8. The summed E-state index contributed by atoms with van der Waals surface area (Å²) in [6.45, 7) is 6.14. The van der Waals surface area contributed by atoms with Gasteiger partial charge in [0.05, 0.1) is 0 Å². The Kier molecular flexibility index (Phi) is 8.13. The van der Waals surface area contributed by atoms with Crippen LogP contribution in [-0.2, 0) is 38.1 Å². The van der Waals surface area contributed by atoms with Crippen LogP contribution in [0, 0.1) is 0 Å². The fourth-order valence-electron chi connectivity index (χ4n) is 1.31. The van der Waals surface area contributed by atoms with E-state index >= 15 is 0 Å². The minimum atomic E-state index is -2.14. The number of rotatable bonds is 6. The molecule has 118 valence electrons. The van der Waals surface area contributed by atoms with Gasteiger partial charge in [-0.05, 0) is 0 Å². The predicted molar refractivity (Wildman–Crippen MR) is 72.1 cm³/mol. The highest BCUT2D eigenvalue weighted by Gasteiger charge is 2.33. The smallest absolute Gasteiger partial charge is 0.305 e. The maximum absolute atomic E-state index is 11.1. The summed E-state index contributed by atoms with van der Waals surface area (Å²) >= 11 is 0. The van der Waals surface area contributed by atoms with Gasteiger partial charge in [0.25, 0.3) is 0 Å². The number of carbonyl (C=O) groups is 4. The second-order valence-corrected chi connectivity index (χ2v) is 6.41. The molecule has 0 atom stereocenters. The van der Waals surface area contributed by atoms with Crippen molar-refractivity contribution in [2.24, 2.45) is 0 Å². The van der Waals surface area contributed by atoms with Gasteiger partial charge in [0.1, 0.15) is 0 Å². The highest BCUT2D eigenvalue weighted by Crippen LogP contribution is 2.07. The summed E-state index contributed by atoms with van der Waals surface area (Å²) in [5.41, 5.74) is 1.54. The topological polar surface area (TPSA) is 105 Å². The molecule has 0 spiro atoms. The first-order valence-corrected chi connectivity index (χ1v) is 7.75. The molecule has 0 aromatic heterocycles. The molecule has 0 heterocycles. The lowest BCUT2D eigenvalue weighted by atomic mass is 10.8. The van der Waals surface area contributed by atoms with E-state index in [-0.39, 0.29) is 0 Å². The fourth-order valence-corrected chi connectivity index (χ4v) is 3.28. The Morgan fingerprint density at radius 2 is 0.952 bits per heavy atom. The Labute approximate surface area is 123 Å². The largest absolute Gasteiger partial charge is 0.426 e. The summed E-state index contributed by atoms with van der Waals surface area (Å²) < 4.78 is 19.6. The molecule has 0 rings (SSSR count). The monoisotopic (exact) mass is 318 g/mol. The van der Waals surface area contributed by atoms with Crippen molar-refractivity contribution in [2.75, 3.05) is 0 Å². The van der Waals surface area contributed by atoms with Gasteiger partial charge in [-0.1, -0.05) is 12.6 Å². The van der Waals surface area contributed by atoms with Gasteiger partial charge in [-0.15, -0.1) is 0 Å². The van der Waals surface area contributed by atoms with Gasteiger partial charge in [0, 0.05) is 27.7 Å².